The summed E-state index contributed by atoms with van der Waals surface area (Å²) in [5.41, 5.74) is 1.24. The lowest BCUT2D eigenvalue weighted by molar-refractivity contribution is 0.407. The minimum atomic E-state index is 0.513. The Labute approximate surface area is 68.0 Å². The van der Waals surface area contributed by atoms with E-state index >= 15 is 0 Å². The van der Waals surface area contributed by atoms with E-state index in [0.717, 1.165) is 5.75 Å². The van der Waals surface area contributed by atoms with Crippen LogP contribution in [-0.4, -0.2) is 7.11 Å². The summed E-state index contributed by atoms with van der Waals surface area (Å²) >= 11 is 0. The summed E-state index contributed by atoms with van der Waals surface area (Å²) in [4.78, 5) is 0. The number of hydrogen-bond donors (Lipinski definition) is 0. The molecule has 0 heterocycles. The third-order valence-corrected chi connectivity index (χ3v) is 1.70. The third-order valence-electron chi connectivity index (χ3n) is 1.70. The van der Waals surface area contributed by atoms with Crippen molar-refractivity contribution in [1.29, 1.82) is 0 Å². The number of ether oxygens (including phenoxy) is 1. The van der Waals surface area contributed by atoms with Crippen LogP contribution in [0.5, 0.6) is 5.75 Å². The second-order valence-corrected chi connectivity index (χ2v) is 2.82. The van der Waals surface area contributed by atoms with Crippen LogP contribution in [0.15, 0.2) is 18.2 Å². The van der Waals surface area contributed by atoms with Crippen molar-refractivity contribution in [3.8, 4) is 5.75 Å². The van der Waals surface area contributed by atoms with Crippen molar-refractivity contribution in [3.63, 3.8) is 0 Å². The van der Waals surface area contributed by atoms with Gasteiger partial charge >= 0.3 is 0 Å². The van der Waals surface area contributed by atoms with Gasteiger partial charge in [-0.15, -0.1) is 0 Å². The second kappa shape index (κ2) is 3.42. The second-order valence-electron chi connectivity index (χ2n) is 2.82. The van der Waals surface area contributed by atoms with E-state index in [2.05, 4.69) is 19.9 Å². The van der Waals surface area contributed by atoms with Crippen molar-refractivity contribution in [2.24, 2.45) is 0 Å². The molecular formula is C10H13O. The normalized spacial score (nSPS) is 10.2. The van der Waals surface area contributed by atoms with Crippen molar-refractivity contribution in [2.45, 2.75) is 19.8 Å². The minimum Gasteiger partial charge on any atom is -0.496 e. The van der Waals surface area contributed by atoms with Gasteiger partial charge in [0.15, 0.2) is 0 Å². The van der Waals surface area contributed by atoms with Crippen molar-refractivity contribution in [2.75, 3.05) is 7.11 Å². The molecule has 1 rings (SSSR count). The summed E-state index contributed by atoms with van der Waals surface area (Å²) in [6.07, 6.45) is 0. The summed E-state index contributed by atoms with van der Waals surface area (Å²) in [7, 11) is 1.69. The maximum absolute atomic E-state index is 5.18. The quantitative estimate of drug-likeness (QED) is 0.628. The van der Waals surface area contributed by atoms with Gasteiger partial charge in [-0.05, 0) is 23.6 Å². The van der Waals surface area contributed by atoms with Crippen LogP contribution in [-0.2, 0) is 0 Å². The fourth-order valence-corrected chi connectivity index (χ4v) is 1.08. The maximum atomic E-state index is 5.18. The smallest absolute Gasteiger partial charge is 0.122 e. The Hall–Kier alpha value is -0.980. The molecule has 1 aromatic rings. The molecule has 0 atom stereocenters. The molecule has 0 aliphatic heterocycles. The van der Waals surface area contributed by atoms with E-state index in [1.54, 1.807) is 7.11 Å². The maximum Gasteiger partial charge on any atom is 0.122 e. The molecule has 59 valence electrons. The Morgan fingerprint density at radius 1 is 1.45 bits per heavy atom. The number of benzene rings is 1. The Morgan fingerprint density at radius 2 is 2.18 bits per heavy atom. The highest BCUT2D eigenvalue weighted by Gasteiger charge is 2.04. The highest BCUT2D eigenvalue weighted by atomic mass is 16.5. The molecule has 0 aliphatic rings. The van der Waals surface area contributed by atoms with Crippen molar-refractivity contribution < 1.29 is 4.74 Å². The van der Waals surface area contributed by atoms with Crippen molar-refractivity contribution >= 4 is 0 Å². The molecule has 0 unspecified atom stereocenters. The van der Waals surface area contributed by atoms with Gasteiger partial charge < -0.3 is 4.74 Å². The highest BCUT2D eigenvalue weighted by Crippen LogP contribution is 2.24. The minimum absolute atomic E-state index is 0.513. The topological polar surface area (TPSA) is 9.23 Å². The van der Waals surface area contributed by atoms with E-state index in [0.29, 0.717) is 5.92 Å². The number of rotatable bonds is 2. The largest absolute Gasteiger partial charge is 0.496 e. The molecule has 0 aliphatic carbocycles. The van der Waals surface area contributed by atoms with E-state index < -0.39 is 0 Å². The average Bonchev–Trinajstić information content (AvgIpc) is 2.04. The van der Waals surface area contributed by atoms with Gasteiger partial charge in [0.25, 0.3) is 0 Å². The van der Waals surface area contributed by atoms with E-state index in [-0.39, 0.29) is 0 Å². The van der Waals surface area contributed by atoms with Crippen LogP contribution in [0.25, 0.3) is 0 Å². The van der Waals surface area contributed by atoms with Gasteiger partial charge in [0.05, 0.1) is 7.11 Å². The molecule has 0 amide bonds. The van der Waals surface area contributed by atoms with Gasteiger partial charge in [0.2, 0.25) is 0 Å². The zero-order valence-corrected chi connectivity index (χ0v) is 7.22. The van der Waals surface area contributed by atoms with Crippen LogP contribution >= 0.6 is 0 Å². The predicted octanol–water partition coefficient (Wildman–Crippen LogP) is 2.62. The summed E-state index contributed by atoms with van der Waals surface area (Å²) in [5, 5.41) is 0. The third kappa shape index (κ3) is 1.73. The Morgan fingerprint density at radius 3 is 2.64 bits per heavy atom. The summed E-state index contributed by atoms with van der Waals surface area (Å²) in [5.74, 6) is 1.45. The molecule has 11 heavy (non-hydrogen) atoms. The van der Waals surface area contributed by atoms with Gasteiger partial charge in [0.1, 0.15) is 5.75 Å². The molecule has 1 aromatic carbocycles. The van der Waals surface area contributed by atoms with E-state index in [9.17, 15) is 0 Å². The first-order chi connectivity index (χ1) is 5.25. The number of methoxy groups -OCH3 is 1. The Bertz CT molecular complexity index is 228. The lowest BCUT2D eigenvalue weighted by Gasteiger charge is -2.09. The van der Waals surface area contributed by atoms with E-state index in [1.807, 2.05) is 18.2 Å². The lowest BCUT2D eigenvalue weighted by Crippen LogP contribution is -1.92. The number of hydrogen-bond acceptors (Lipinski definition) is 1. The van der Waals surface area contributed by atoms with Crippen LogP contribution in [0.3, 0.4) is 0 Å². The van der Waals surface area contributed by atoms with Gasteiger partial charge in [-0.3, -0.25) is 0 Å². The molecule has 1 radical (unpaired) electrons. The first kappa shape index (κ1) is 8.12. The molecular weight excluding hydrogens is 136 g/mol. The molecule has 1 heteroatoms. The SMILES string of the molecule is COc1c[c]ccc1C(C)C. The van der Waals surface area contributed by atoms with Crippen LogP contribution in [0.4, 0.5) is 0 Å². The van der Waals surface area contributed by atoms with Gasteiger partial charge in [0, 0.05) is 0 Å². The first-order valence-electron chi connectivity index (χ1n) is 3.79. The van der Waals surface area contributed by atoms with Crippen LogP contribution < -0.4 is 4.74 Å². The van der Waals surface area contributed by atoms with Gasteiger partial charge in [-0.25, -0.2) is 0 Å². The summed E-state index contributed by atoms with van der Waals surface area (Å²) in [6, 6.07) is 8.81. The summed E-state index contributed by atoms with van der Waals surface area (Å²) in [6.45, 7) is 4.30. The molecule has 0 bridgehead atoms. The molecule has 0 fully saturated rings. The molecule has 0 saturated carbocycles. The van der Waals surface area contributed by atoms with E-state index in [4.69, 9.17) is 4.74 Å². The highest BCUT2D eigenvalue weighted by molar-refractivity contribution is 5.34. The molecule has 0 spiro atoms. The monoisotopic (exact) mass is 149 g/mol. The van der Waals surface area contributed by atoms with Crippen LogP contribution in [0.2, 0.25) is 0 Å². The molecule has 1 nitrogen and oxygen atoms in total. The Kier molecular flexibility index (Phi) is 2.53. The molecule has 0 N–H and O–H groups in total. The van der Waals surface area contributed by atoms with Gasteiger partial charge in [-0.1, -0.05) is 26.0 Å². The van der Waals surface area contributed by atoms with Crippen LogP contribution in [0.1, 0.15) is 25.3 Å². The Balaban J connectivity index is 3.02. The zero-order chi connectivity index (χ0) is 8.27. The van der Waals surface area contributed by atoms with Crippen molar-refractivity contribution in [3.05, 3.63) is 29.8 Å². The summed E-state index contributed by atoms with van der Waals surface area (Å²) < 4.78 is 5.18. The predicted molar refractivity (Wildman–Crippen MR) is 45.9 cm³/mol. The molecule has 0 aromatic heterocycles. The zero-order valence-electron chi connectivity index (χ0n) is 7.22. The van der Waals surface area contributed by atoms with Crippen LogP contribution in [0, 0.1) is 6.07 Å². The molecule has 0 saturated heterocycles. The standard InChI is InChI=1S/C10H13O/c1-8(2)9-6-4-5-7-10(9)11-3/h4,6-8H,1-3H3. The lowest BCUT2D eigenvalue weighted by atomic mass is 10.0. The fraction of sp³-hybridized carbons (Fsp3) is 0.400. The van der Waals surface area contributed by atoms with Crippen molar-refractivity contribution in [1.82, 2.24) is 0 Å². The average molecular weight is 149 g/mol. The van der Waals surface area contributed by atoms with E-state index in [1.165, 1.54) is 5.56 Å². The fourth-order valence-electron chi connectivity index (χ4n) is 1.08. The van der Waals surface area contributed by atoms with Gasteiger partial charge in [-0.2, -0.15) is 0 Å². The first-order valence-corrected chi connectivity index (χ1v) is 3.79.